The number of ether oxygens (including phenoxy) is 1. The fourth-order valence-corrected chi connectivity index (χ4v) is 3.76. The van der Waals surface area contributed by atoms with Crippen LogP contribution >= 0.6 is 0 Å². The van der Waals surface area contributed by atoms with Crippen molar-refractivity contribution in [1.29, 1.82) is 0 Å². The van der Waals surface area contributed by atoms with E-state index < -0.39 is 10.5 Å². The van der Waals surface area contributed by atoms with Crippen molar-refractivity contribution in [2.24, 2.45) is 0 Å². The maximum absolute atomic E-state index is 12.2. The molecule has 3 heterocycles. The van der Waals surface area contributed by atoms with Gasteiger partial charge in [-0.05, 0) is 49.6 Å². The number of piperidine rings is 1. The second kappa shape index (κ2) is 8.30. The molecule has 0 aromatic carbocycles. The Hall–Kier alpha value is -2.42. The molecule has 1 aromatic heterocycles. The quantitative estimate of drug-likeness (QED) is 0.577. The number of amides is 1. The molecule has 0 spiro atoms. The number of carbonyl (C=O) groups is 1. The minimum atomic E-state index is -0.479. The van der Waals surface area contributed by atoms with Gasteiger partial charge in [-0.15, -0.1) is 0 Å². The predicted molar refractivity (Wildman–Crippen MR) is 106 cm³/mol. The van der Waals surface area contributed by atoms with Gasteiger partial charge >= 0.3 is 11.9 Å². The molecule has 3 rings (SSSR count). The number of piperazine rings is 1. The smallest absolute Gasteiger partial charge is 0.410 e. The molecule has 0 aliphatic carbocycles. The topological polar surface area (TPSA) is 92.0 Å². The lowest BCUT2D eigenvalue weighted by molar-refractivity contribution is -0.389. The highest BCUT2D eigenvalue weighted by Crippen LogP contribution is 2.24. The molecule has 0 unspecified atom stereocenters. The summed E-state index contributed by atoms with van der Waals surface area (Å²) in [6.07, 6.45) is 3.41. The first-order valence-corrected chi connectivity index (χ1v) is 9.80. The molecular formula is C19H29N5O4. The Morgan fingerprint density at radius 3 is 2.29 bits per heavy atom. The van der Waals surface area contributed by atoms with Crippen LogP contribution in [0.4, 0.5) is 16.3 Å². The highest BCUT2D eigenvalue weighted by atomic mass is 16.6. The first-order valence-electron chi connectivity index (χ1n) is 9.80. The number of nitro groups is 1. The first kappa shape index (κ1) is 20.3. The fraction of sp³-hybridized carbons (Fsp3) is 0.684. The average Bonchev–Trinajstić information content (AvgIpc) is 2.67. The Balaban J connectivity index is 1.46. The van der Waals surface area contributed by atoms with Crippen LogP contribution in [0.1, 0.15) is 33.6 Å². The third-order valence-electron chi connectivity index (χ3n) is 5.23. The van der Waals surface area contributed by atoms with Gasteiger partial charge in [-0.3, -0.25) is 4.90 Å². The highest BCUT2D eigenvalue weighted by Gasteiger charge is 2.31. The number of aromatic nitrogens is 1. The van der Waals surface area contributed by atoms with Gasteiger partial charge in [-0.1, -0.05) is 0 Å². The molecule has 1 amide bonds. The van der Waals surface area contributed by atoms with Crippen molar-refractivity contribution in [3.05, 3.63) is 28.4 Å². The van der Waals surface area contributed by atoms with Crippen LogP contribution in [-0.4, -0.2) is 76.7 Å². The number of rotatable bonds is 3. The molecule has 9 heteroatoms. The maximum Gasteiger partial charge on any atom is 0.410 e. The van der Waals surface area contributed by atoms with Gasteiger partial charge in [-0.2, -0.15) is 0 Å². The number of pyridine rings is 1. The van der Waals surface area contributed by atoms with Gasteiger partial charge in [0, 0.05) is 51.4 Å². The lowest BCUT2D eigenvalue weighted by Crippen LogP contribution is -2.55. The Bertz CT molecular complexity index is 687. The Morgan fingerprint density at radius 2 is 1.79 bits per heavy atom. The predicted octanol–water partition coefficient (Wildman–Crippen LogP) is 2.51. The summed E-state index contributed by atoms with van der Waals surface area (Å²) in [7, 11) is 0. The largest absolute Gasteiger partial charge is 0.444 e. The van der Waals surface area contributed by atoms with Crippen molar-refractivity contribution in [2.75, 3.05) is 44.2 Å². The maximum atomic E-state index is 12.2. The van der Waals surface area contributed by atoms with Crippen molar-refractivity contribution in [3.8, 4) is 0 Å². The van der Waals surface area contributed by atoms with E-state index in [1.54, 1.807) is 17.2 Å². The summed E-state index contributed by atoms with van der Waals surface area (Å²) in [5.41, 5.74) is 0.465. The second-order valence-electron chi connectivity index (χ2n) is 8.35. The van der Waals surface area contributed by atoms with Gasteiger partial charge in [0.25, 0.3) is 0 Å². The van der Waals surface area contributed by atoms with Crippen molar-refractivity contribution >= 4 is 17.6 Å². The van der Waals surface area contributed by atoms with Crippen molar-refractivity contribution < 1.29 is 14.5 Å². The molecule has 0 saturated carbocycles. The lowest BCUT2D eigenvalue weighted by atomic mass is 10.0. The van der Waals surface area contributed by atoms with E-state index in [9.17, 15) is 14.9 Å². The lowest BCUT2D eigenvalue weighted by Gasteiger charge is -2.43. The Kier molecular flexibility index (Phi) is 6.02. The number of hydrogen-bond donors (Lipinski definition) is 0. The van der Waals surface area contributed by atoms with E-state index in [0.29, 0.717) is 19.1 Å². The molecule has 0 N–H and O–H groups in total. The van der Waals surface area contributed by atoms with Gasteiger partial charge in [0.15, 0.2) is 6.20 Å². The molecule has 28 heavy (non-hydrogen) atoms. The minimum Gasteiger partial charge on any atom is -0.444 e. The van der Waals surface area contributed by atoms with Crippen LogP contribution in [-0.2, 0) is 4.74 Å². The monoisotopic (exact) mass is 391 g/mol. The van der Waals surface area contributed by atoms with Crippen LogP contribution in [0.15, 0.2) is 18.3 Å². The first-order chi connectivity index (χ1) is 13.2. The van der Waals surface area contributed by atoms with Gasteiger partial charge in [-0.25, -0.2) is 4.79 Å². The number of nitrogens with zero attached hydrogens (tertiary/aromatic N) is 5. The zero-order chi connectivity index (χ0) is 20.3. The number of carbonyl (C=O) groups excluding carboxylic acids is 1. The zero-order valence-electron chi connectivity index (χ0n) is 16.8. The van der Waals surface area contributed by atoms with Crippen LogP contribution in [0.25, 0.3) is 0 Å². The molecule has 9 nitrogen and oxygen atoms in total. The molecule has 0 atom stereocenters. The van der Waals surface area contributed by atoms with Crippen LogP contribution in [0, 0.1) is 10.1 Å². The van der Waals surface area contributed by atoms with Gasteiger partial charge in [0.1, 0.15) is 5.60 Å². The molecule has 2 aliphatic heterocycles. The van der Waals surface area contributed by atoms with Crippen LogP contribution < -0.4 is 4.90 Å². The van der Waals surface area contributed by atoms with E-state index >= 15 is 0 Å². The zero-order valence-corrected chi connectivity index (χ0v) is 16.8. The highest BCUT2D eigenvalue weighted by molar-refractivity contribution is 5.68. The van der Waals surface area contributed by atoms with Crippen molar-refractivity contribution in [3.63, 3.8) is 0 Å². The van der Waals surface area contributed by atoms with E-state index in [-0.39, 0.29) is 11.9 Å². The summed E-state index contributed by atoms with van der Waals surface area (Å²) in [6, 6.07) is 3.73. The Morgan fingerprint density at radius 1 is 1.14 bits per heavy atom. The molecule has 2 saturated heterocycles. The van der Waals surface area contributed by atoms with E-state index in [1.165, 1.54) is 6.07 Å². The van der Waals surface area contributed by atoms with E-state index in [2.05, 4.69) is 14.8 Å². The fourth-order valence-electron chi connectivity index (χ4n) is 3.76. The van der Waals surface area contributed by atoms with E-state index in [4.69, 9.17) is 4.74 Å². The summed E-state index contributed by atoms with van der Waals surface area (Å²) in [4.78, 5) is 32.8. The minimum absolute atomic E-state index is 0.124. The summed E-state index contributed by atoms with van der Waals surface area (Å²) in [5, 5.41) is 10.7. The van der Waals surface area contributed by atoms with Gasteiger partial charge in [0.2, 0.25) is 0 Å². The SMILES string of the molecule is CC(C)(C)OC(=O)N1CCN(C2CCN(c3ccc([N+](=O)[O-])nc3)CC2)CC1. The molecule has 0 radical (unpaired) electrons. The van der Waals surface area contributed by atoms with Crippen LogP contribution in [0.2, 0.25) is 0 Å². The van der Waals surface area contributed by atoms with E-state index in [0.717, 1.165) is 44.7 Å². The van der Waals surface area contributed by atoms with Crippen LogP contribution in [0.3, 0.4) is 0 Å². The molecule has 1 aromatic rings. The molecule has 0 bridgehead atoms. The molecule has 2 fully saturated rings. The molecule has 2 aliphatic rings. The number of anilines is 1. The van der Waals surface area contributed by atoms with Crippen LogP contribution in [0.5, 0.6) is 0 Å². The third-order valence-corrected chi connectivity index (χ3v) is 5.23. The average molecular weight is 391 g/mol. The van der Waals surface area contributed by atoms with Gasteiger partial charge in [0.05, 0.1) is 5.69 Å². The number of hydrogen-bond acceptors (Lipinski definition) is 7. The summed E-state index contributed by atoms with van der Waals surface area (Å²) in [6.45, 7) is 10.6. The standard InChI is InChI=1S/C19H29N5O4/c1-19(2,3)28-18(25)23-12-10-22(11-13-23)15-6-8-21(9-7-15)16-4-5-17(20-14-16)24(26)27/h4-5,14-15H,6-13H2,1-3H3. The van der Waals surface area contributed by atoms with Crippen molar-refractivity contribution in [1.82, 2.24) is 14.8 Å². The second-order valence-corrected chi connectivity index (χ2v) is 8.35. The van der Waals surface area contributed by atoms with Crippen molar-refractivity contribution in [2.45, 2.75) is 45.3 Å². The Labute approximate surface area is 165 Å². The molecule has 154 valence electrons. The normalized spacial score (nSPS) is 19.5. The third kappa shape index (κ3) is 5.09. The van der Waals surface area contributed by atoms with E-state index in [1.807, 2.05) is 20.8 Å². The molecular weight excluding hydrogens is 362 g/mol. The summed E-state index contributed by atoms with van der Waals surface area (Å²) < 4.78 is 5.46. The summed E-state index contributed by atoms with van der Waals surface area (Å²) >= 11 is 0. The summed E-state index contributed by atoms with van der Waals surface area (Å²) in [5.74, 6) is -0.124. The van der Waals surface area contributed by atoms with Gasteiger partial charge < -0.3 is 24.7 Å².